The van der Waals surface area contributed by atoms with Crippen molar-refractivity contribution < 1.29 is 41.9 Å². The summed E-state index contributed by atoms with van der Waals surface area (Å²) in [4.78, 5) is 10.5. The van der Waals surface area contributed by atoms with Crippen LogP contribution in [0.15, 0.2) is 60.1 Å². The van der Waals surface area contributed by atoms with Crippen LogP contribution in [0, 0.1) is 17.7 Å². The van der Waals surface area contributed by atoms with Gasteiger partial charge >= 0.3 is 10.1 Å². The Kier molecular flexibility index (Phi) is 7.84. The molecule has 0 saturated carbocycles. The van der Waals surface area contributed by atoms with E-state index in [1.807, 2.05) is 0 Å². The summed E-state index contributed by atoms with van der Waals surface area (Å²) in [6.07, 6.45) is 4.01. The molecule has 1 aromatic carbocycles. The van der Waals surface area contributed by atoms with Gasteiger partial charge in [0, 0.05) is 50.3 Å². The van der Waals surface area contributed by atoms with Crippen molar-refractivity contribution in [3.05, 3.63) is 72.7 Å². The first-order chi connectivity index (χ1) is 11.4. The van der Waals surface area contributed by atoms with Crippen molar-refractivity contribution in [2.24, 2.45) is 0 Å². The zero-order valence-electron chi connectivity index (χ0n) is 12.3. The van der Waals surface area contributed by atoms with Gasteiger partial charge in [0.1, 0.15) is 0 Å². The summed E-state index contributed by atoms with van der Waals surface area (Å²) in [5.41, 5.74) is 0.636. The van der Waals surface area contributed by atoms with Crippen LogP contribution in [-0.4, -0.2) is 27.9 Å². The summed E-state index contributed by atoms with van der Waals surface area (Å²) in [6.45, 7) is 0. The minimum Gasteiger partial charge on any atom is -0.305 e. The van der Waals surface area contributed by atoms with Crippen LogP contribution in [0.4, 0.5) is 8.78 Å². The minimum absolute atomic E-state index is 0. The summed E-state index contributed by atoms with van der Waals surface area (Å²) in [7, 11) is -4.23. The molecule has 0 aliphatic rings. The predicted octanol–water partition coefficient (Wildman–Crippen LogP) is 2.55. The van der Waals surface area contributed by atoms with Crippen LogP contribution in [0.1, 0.15) is 0 Å². The van der Waals surface area contributed by atoms with Gasteiger partial charge in [0.15, 0.2) is 0 Å². The van der Waals surface area contributed by atoms with Crippen LogP contribution >= 0.6 is 0 Å². The first-order valence-electron chi connectivity index (χ1n) is 6.40. The molecule has 0 fully saturated rings. The normalized spacial score (nSPS) is 10.2. The molecule has 0 saturated heterocycles. The van der Waals surface area contributed by atoms with Gasteiger partial charge in [-0.2, -0.15) is 8.42 Å². The molecular formula is C15H10F2IrN3O3S-. The van der Waals surface area contributed by atoms with Gasteiger partial charge in [-0.15, -0.1) is 12.1 Å². The van der Waals surface area contributed by atoms with Crippen LogP contribution in [-0.2, 0) is 30.2 Å². The fourth-order valence-corrected chi connectivity index (χ4v) is 1.96. The molecule has 3 rings (SSSR count). The maximum atomic E-state index is 13.2. The Hall–Kier alpha value is -2.13. The predicted molar refractivity (Wildman–Crippen MR) is 80.3 cm³/mol. The molecule has 10 heteroatoms. The van der Waals surface area contributed by atoms with Crippen molar-refractivity contribution in [2.75, 3.05) is 0 Å². The molecule has 0 unspecified atom stereocenters. The zero-order valence-corrected chi connectivity index (χ0v) is 15.5. The zero-order chi connectivity index (χ0) is 17.6. The van der Waals surface area contributed by atoms with Crippen molar-refractivity contribution in [2.45, 2.75) is 5.16 Å². The third kappa shape index (κ3) is 6.35. The standard InChI is InChI=1S/C11H6F2N.C4H4N2O3S.Ir/c12-8-4-5-9(10(13)7-8)11-3-1-2-6-14-11;7-10(8,9)4-5-2-1-3-6-4;/h1-4,6-7H;1-3H,(H,7,8,9);/q-1;;. The number of rotatable bonds is 2. The summed E-state index contributed by atoms with van der Waals surface area (Å²) < 4.78 is 54.7. The fraction of sp³-hybridized carbons (Fsp3) is 0. The van der Waals surface area contributed by atoms with Crippen molar-refractivity contribution in [3.8, 4) is 11.3 Å². The average Bonchev–Trinajstić information content (AvgIpc) is 2.56. The van der Waals surface area contributed by atoms with Crippen molar-refractivity contribution in [1.82, 2.24) is 15.0 Å². The van der Waals surface area contributed by atoms with Gasteiger partial charge in [0.2, 0.25) is 0 Å². The topological polar surface area (TPSA) is 93.0 Å². The third-order valence-electron chi connectivity index (χ3n) is 2.55. The number of pyridine rings is 1. The van der Waals surface area contributed by atoms with E-state index in [0.29, 0.717) is 5.69 Å². The number of nitrogens with zero attached hydrogens (tertiary/aromatic N) is 3. The second-order valence-corrected chi connectivity index (χ2v) is 5.58. The van der Waals surface area contributed by atoms with E-state index in [9.17, 15) is 17.2 Å². The maximum absolute atomic E-state index is 13.2. The molecule has 0 amide bonds. The van der Waals surface area contributed by atoms with Crippen LogP contribution in [0.2, 0.25) is 0 Å². The first kappa shape index (κ1) is 20.9. The SMILES string of the molecule is Fc1c[c-]c(-c2ccccn2)c(F)c1.O=S(=O)(O)c1ncccn1.[Ir]. The molecule has 3 aromatic rings. The van der Waals surface area contributed by atoms with Crippen LogP contribution in [0.25, 0.3) is 11.3 Å². The number of aromatic nitrogens is 3. The van der Waals surface area contributed by atoms with Gasteiger partial charge in [0.25, 0.3) is 5.16 Å². The molecule has 2 aromatic heterocycles. The van der Waals surface area contributed by atoms with Gasteiger partial charge in [0.05, 0.1) is 0 Å². The van der Waals surface area contributed by atoms with E-state index in [1.54, 1.807) is 24.4 Å². The molecular weight excluding hydrogens is 532 g/mol. The molecule has 133 valence electrons. The van der Waals surface area contributed by atoms with Gasteiger partial charge in [-0.25, -0.2) is 9.97 Å². The van der Waals surface area contributed by atoms with Gasteiger partial charge in [-0.3, -0.25) is 13.3 Å². The molecule has 0 atom stereocenters. The fourth-order valence-electron chi connectivity index (χ4n) is 1.57. The van der Waals surface area contributed by atoms with E-state index in [2.05, 4.69) is 21.0 Å². The molecule has 1 radical (unpaired) electrons. The summed E-state index contributed by atoms with van der Waals surface area (Å²) in [5.74, 6) is -1.29. The molecule has 0 aliphatic carbocycles. The summed E-state index contributed by atoms with van der Waals surface area (Å²) in [5, 5.41) is -0.574. The van der Waals surface area contributed by atoms with E-state index in [0.717, 1.165) is 12.1 Å². The Morgan fingerprint density at radius 1 is 1.00 bits per heavy atom. The Morgan fingerprint density at radius 3 is 2.12 bits per heavy atom. The van der Waals surface area contributed by atoms with Crippen molar-refractivity contribution in [3.63, 3.8) is 0 Å². The summed E-state index contributed by atoms with van der Waals surface area (Å²) >= 11 is 0. The Morgan fingerprint density at radius 2 is 1.64 bits per heavy atom. The molecule has 6 nitrogen and oxygen atoms in total. The monoisotopic (exact) mass is 543 g/mol. The van der Waals surface area contributed by atoms with Crippen LogP contribution in [0.5, 0.6) is 0 Å². The largest absolute Gasteiger partial charge is 0.330 e. The number of hydrogen-bond acceptors (Lipinski definition) is 5. The van der Waals surface area contributed by atoms with Crippen LogP contribution < -0.4 is 0 Å². The van der Waals surface area contributed by atoms with E-state index in [1.165, 1.54) is 18.5 Å². The molecule has 2 heterocycles. The third-order valence-corrected chi connectivity index (χ3v) is 3.22. The molecule has 0 spiro atoms. The number of benzene rings is 1. The van der Waals surface area contributed by atoms with E-state index >= 15 is 0 Å². The molecule has 0 aliphatic heterocycles. The Bertz CT molecular complexity index is 914. The van der Waals surface area contributed by atoms with Crippen molar-refractivity contribution >= 4 is 10.1 Å². The maximum Gasteiger partial charge on any atom is 0.330 e. The Balaban J connectivity index is 0.000000254. The van der Waals surface area contributed by atoms with Crippen LogP contribution in [0.3, 0.4) is 0 Å². The number of halogens is 2. The number of hydrogen-bond donors (Lipinski definition) is 1. The van der Waals surface area contributed by atoms with E-state index in [4.69, 9.17) is 4.55 Å². The first-order valence-corrected chi connectivity index (χ1v) is 7.84. The quantitative estimate of drug-likeness (QED) is 0.304. The van der Waals surface area contributed by atoms with E-state index in [-0.39, 0.29) is 25.7 Å². The van der Waals surface area contributed by atoms with Gasteiger partial charge in [-0.05, 0) is 17.8 Å². The van der Waals surface area contributed by atoms with Gasteiger partial charge in [-0.1, -0.05) is 23.8 Å². The minimum atomic E-state index is -4.23. The van der Waals surface area contributed by atoms with E-state index < -0.39 is 26.9 Å². The summed E-state index contributed by atoms with van der Waals surface area (Å²) in [6, 6.07) is 11.0. The molecule has 0 bridgehead atoms. The Labute approximate surface area is 156 Å². The smallest absolute Gasteiger partial charge is 0.305 e. The van der Waals surface area contributed by atoms with Crippen molar-refractivity contribution in [1.29, 1.82) is 0 Å². The average molecular weight is 543 g/mol. The second-order valence-electron chi connectivity index (χ2n) is 4.26. The molecule has 25 heavy (non-hydrogen) atoms. The molecule has 1 N–H and O–H groups in total. The van der Waals surface area contributed by atoms with Gasteiger partial charge < -0.3 is 4.98 Å². The second kappa shape index (κ2) is 9.38.